The smallest absolute Gasteiger partial charge is 0.264 e. The molecule has 0 atom stereocenters. The first-order valence-electron chi connectivity index (χ1n) is 8.02. The molecule has 0 radical (unpaired) electrons. The first-order chi connectivity index (χ1) is 12.5. The lowest BCUT2D eigenvalue weighted by molar-refractivity contribution is -0.118. The standard InChI is InChI=1S/C20H17N3O2S/c1-13-14(2)26-20(22-13)23-19(24)12-25-18-9-7-17(8-10-18)16-5-3-15(11-21)4-6-16/h3-10H,12H2,1-2H3,(H,22,23,24). The van der Waals surface area contributed by atoms with Crippen LogP contribution in [0.5, 0.6) is 5.75 Å². The highest BCUT2D eigenvalue weighted by atomic mass is 32.1. The van der Waals surface area contributed by atoms with Gasteiger partial charge >= 0.3 is 0 Å². The third-order valence-electron chi connectivity index (χ3n) is 3.85. The van der Waals surface area contributed by atoms with Crippen LogP contribution in [0, 0.1) is 25.2 Å². The van der Waals surface area contributed by atoms with Gasteiger partial charge in [-0.05, 0) is 49.2 Å². The molecule has 130 valence electrons. The Hall–Kier alpha value is -3.17. The maximum atomic E-state index is 12.0. The van der Waals surface area contributed by atoms with Crippen LogP contribution in [-0.2, 0) is 4.79 Å². The molecule has 5 nitrogen and oxygen atoms in total. The van der Waals surface area contributed by atoms with Gasteiger partial charge < -0.3 is 4.74 Å². The van der Waals surface area contributed by atoms with E-state index in [2.05, 4.69) is 16.4 Å². The van der Waals surface area contributed by atoms with E-state index < -0.39 is 0 Å². The summed E-state index contributed by atoms with van der Waals surface area (Å²) < 4.78 is 5.53. The molecule has 1 amide bonds. The molecule has 3 aromatic rings. The number of carbonyl (C=O) groups excluding carboxylic acids is 1. The van der Waals surface area contributed by atoms with Gasteiger partial charge in [-0.15, -0.1) is 11.3 Å². The zero-order chi connectivity index (χ0) is 18.5. The van der Waals surface area contributed by atoms with Crippen molar-refractivity contribution in [3.8, 4) is 22.9 Å². The van der Waals surface area contributed by atoms with Gasteiger partial charge in [0.25, 0.3) is 5.91 Å². The summed E-state index contributed by atoms with van der Waals surface area (Å²) in [5.74, 6) is 0.374. The van der Waals surface area contributed by atoms with Gasteiger partial charge in [0.1, 0.15) is 5.75 Å². The lowest BCUT2D eigenvalue weighted by Crippen LogP contribution is -2.20. The molecule has 3 rings (SSSR count). The maximum absolute atomic E-state index is 12.0. The summed E-state index contributed by atoms with van der Waals surface area (Å²) in [5, 5.41) is 12.2. The zero-order valence-electron chi connectivity index (χ0n) is 14.4. The predicted octanol–water partition coefficient (Wildman–Crippen LogP) is 4.32. The summed E-state index contributed by atoms with van der Waals surface area (Å²) in [7, 11) is 0. The topological polar surface area (TPSA) is 75.0 Å². The Morgan fingerprint density at radius 2 is 1.73 bits per heavy atom. The average molecular weight is 363 g/mol. The minimum Gasteiger partial charge on any atom is -0.484 e. The highest BCUT2D eigenvalue weighted by Gasteiger charge is 2.09. The largest absolute Gasteiger partial charge is 0.484 e. The minimum atomic E-state index is -0.241. The van der Waals surface area contributed by atoms with E-state index in [1.165, 1.54) is 11.3 Å². The van der Waals surface area contributed by atoms with Crippen molar-refractivity contribution in [3.05, 3.63) is 64.7 Å². The Morgan fingerprint density at radius 3 is 2.27 bits per heavy atom. The molecule has 0 aliphatic rings. The molecule has 0 aliphatic heterocycles. The summed E-state index contributed by atoms with van der Waals surface area (Å²) in [4.78, 5) is 17.3. The van der Waals surface area contributed by atoms with Gasteiger partial charge in [-0.25, -0.2) is 4.98 Å². The number of nitriles is 1. The molecule has 0 spiro atoms. The number of aromatic nitrogens is 1. The van der Waals surface area contributed by atoms with Crippen LogP contribution in [0.2, 0.25) is 0 Å². The van der Waals surface area contributed by atoms with Crippen molar-refractivity contribution in [2.24, 2.45) is 0 Å². The number of amides is 1. The highest BCUT2D eigenvalue weighted by molar-refractivity contribution is 7.15. The van der Waals surface area contributed by atoms with Crippen molar-refractivity contribution in [3.63, 3.8) is 0 Å². The minimum absolute atomic E-state index is 0.0755. The number of hydrogen-bond donors (Lipinski definition) is 1. The third kappa shape index (κ3) is 4.26. The van der Waals surface area contributed by atoms with Crippen molar-refractivity contribution in [2.75, 3.05) is 11.9 Å². The molecule has 26 heavy (non-hydrogen) atoms. The molecule has 0 aliphatic carbocycles. The highest BCUT2D eigenvalue weighted by Crippen LogP contribution is 2.23. The van der Waals surface area contributed by atoms with Crippen LogP contribution in [-0.4, -0.2) is 17.5 Å². The molecule has 0 bridgehead atoms. The molecule has 0 saturated heterocycles. The van der Waals surface area contributed by atoms with Gasteiger partial charge in [0, 0.05) is 4.88 Å². The number of hydrogen-bond acceptors (Lipinski definition) is 5. The van der Waals surface area contributed by atoms with Crippen LogP contribution in [0.15, 0.2) is 48.5 Å². The van der Waals surface area contributed by atoms with Gasteiger partial charge in [0.2, 0.25) is 0 Å². The number of thiazole rings is 1. The van der Waals surface area contributed by atoms with E-state index in [9.17, 15) is 4.79 Å². The Balaban J connectivity index is 1.57. The second kappa shape index (κ2) is 7.81. The maximum Gasteiger partial charge on any atom is 0.264 e. The lowest BCUT2D eigenvalue weighted by Gasteiger charge is -2.07. The fraction of sp³-hybridized carbons (Fsp3) is 0.150. The van der Waals surface area contributed by atoms with Gasteiger partial charge in [0.15, 0.2) is 11.7 Å². The van der Waals surface area contributed by atoms with Crippen LogP contribution in [0.1, 0.15) is 16.1 Å². The SMILES string of the molecule is Cc1nc(NC(=O)COc2ccc(-c3ccc(C#N)cc3)cc2)sc1C. The summed E-state index contributed by atoms with van der Waals surface area (Å²) in [6.07, 6.45) is 0. The average Bonchev–Trinajstić information content (AvgIpc) is 2.97. The summed E-state index contributed by atoms with van der Waals surface area (Å²) in [6, 6.07) is 16.9. The van der Waals surface area contributed by atoms with E-state index in [0.717, 1.165) is 21.7 Å². The fourth-order valence-corrected chi connectivity index (χ4v) is 3.14. The molecule has 1 N–H and O–H groups in total. The number of ether oxygens (including phenoxy) is 1. The van der Waals surface area contributed by atoms with Gasteiger partial charge in [0.05, 0.1) is 17.3 Å². The van der Waals surface area contributed by atoms with Crippen molar-refractivity contribution in [1.29, 1.82) is 5.26 Å². The van der Waals surface area contributed by atoms with Gasteiger partial charge in [-0.2, -0.15) is 5.26 Å². The van der Waals surface area contributed by atoms with E-state index in [1.807, 2.05) is 50.2 Å². The second-order valence-electron chi connectivity index (χ2n) is 5.71. The molecule has 6 heteroatoms. The predicted molar refractivity (Wildman–Crippen MR) is 102 cm³/mol. The van der Waals surface area contributed by atoms with Crippen molar-refractivity contribution in [1.82, 2.24) is 4.98 Å². The lowest BCUT2D eigenvalue weighted by atomic mass is 10.0. The number of benzene rings is 2. The Labute approximate surface area is 155 Å². The van der Waals surface area contributed by atoms with Crippen LogP contribution in [0.4, 0.5) is 5.13 Å². The molecule has 2 aromatic carbocycles. The number of nitrogens with zero attached hydrogens (tertiary/aromatic N) is 2. The van der Waals surface area contributed by atoms with Crippen LogP contribution in [0.3, 0.4) is 0 Å². The first-order valence-corrected chi connectivity index (χ1v) is 8.84. The number of rotatable bonds is 5. The van der Waals surface area contributed by atoms with E-state index in [4.69, 9.17) is 10.00 Å². The molecule has 0 unspecified atom stereocenters. The fourth-order valence-electron chi connectivity index (χ4n) is 2.31. The Kier molecular flexibility index (Phi) is 5.30. The Morgan fingerprint density at radius 1 is 1.12 bits per heavy atom. The normalized spacial score (nSPS) is 10.2. The van der Waals surface area contributed by atoms with Crippen molar-refractivity contribution >= 4 is 22.4 Å². The van der Waals surface area contributed by atoms with Crippen molar-refractivity contribution in [2.45, 2.75) is 13.8 Å². The zero-order valence-corrected chi connectivity index (χ0v) is 15.3. The Bertz CT molecular complexity index is 935. The van der Waals surface area contributed by atoms with Gasteiger partial charge in [-0.1, -0.05) is 24.3 Å². The van der Waals surface area contributed by atoms with Crippen LogP contribution in [0.25, 0.3) is 11.1 Å². The molecule has 0 fully saturated rings. The van der Waals surface area contributed by atoms with Crippen LogP contribution >= 0.6 is 11.3 Å². The number of anilines is 1. The summed E-state index contributed by atoms with van der Waals surface area (Å²) in [5.41, 5.74) is 3.58. The van der Waals surface area contributed by atoms with Crippen LogP contribution < -0.4 is 10.1 Å². The van der Waals surface area contributed by atoms with E-state index in [1.54, 1.807) is 12.1 Å². The molecular formula is C20H17N3O2S. The first kappa shape index (κ1) is 17.6. The molecule has 1 aromatic heterocycles. The van der Waals surface area contributed by atoms with E-state index in [0.29, 0.717) is 16.4 Å². The number of carbonyl (C=O) groups is 1. The van der Waals surface area contributed by atoms with E-state index >= 15 is 0 Å². The molecular weight excluding hydrogens is 346 g/mol. The number of nitrogens with one attached hydrogen (secondary N) is 1. The second-order valence-corrected chi connectivity index (χ2v) is 6.91. The number of aryl methyl sites for hydroxylation is 2. The molecule has 0 saturated carbocycles. The van der Waals surface area contributed by atoms with Crippen molar-refractivity contribution < 1.29 is 9.53 Å². The molecule has 1 heterocycles. The van der Waals surface area contributed by atoms with Gasteiger partial charge in [-0.3, -0.25) is 10.1 Å². The summed E-state index contributed by atoms with van der Waals surface area (Å²) in [6.45, 7) is 3.80. The third-order valence-corrected chi connectivity index (χ3v) is 4.83. The summed E-state index contributed by atoms with van der Waals surface area (Å²) >= 11 is 1.45. The quantitative estimate of drug-likeness (QED) is 0.733. The van der Waals surface area contributed by atoms with E-state index in [-0.39, 0.29) is 12.5 Å². The monoisotopic (exact) mass is 363 g/mol.